The minimum Gasteiger partial charge on any atom is -0.346 e. The minimum absolute atomic E-state index is 0.0520. The fourth-order valence-corrected chi connectivity index (χ4v) is 2.38. The van der Waals surface area contributed by atoms with Crippen LogP contribution in [0.25, 0.3) is 0 Å². The molecule has 12 heteroatoms. The predicted octanol–water partition coefficient (Wildman–Crippen LogP) is -3.76. The second-order valence-electron chi connectivity index (χ2n) is 6.68. The molecule has 0 saturated carbocycles. The molecule has 1 rings (SSSR count). The van der Waals surface area contributed by atoms with Gasteiger partial charge in [0.2, 0.25) is 35.4 Å². The first-order valence-electron chi connectivity index (χ1n) is 8.79. The van der Waals surface area contributed by atoms with Gasteiger partial charge in [0.1, 0.15) is 12.1 Å². The Hall–Kier alpha value is -3.02. The number of imide groups is 1. The van der Waals surface area contributed by atoms with Gasteiger partial charge in [-0.2, -0.15) is 0 Å². The summed E-state index contributed by atoms with van der Waals surface area (Å²) in [5.41, 5.74) is 5.09. The number of hydrogen-bond donors (Lipinski definition) is 6. The Morgan fingerprint density at radius 1 is 1.07 bits per heavy atom. The van der Waals surface area contributed by atoms with E-state index in [4.69, 9.17) is 5.73 Å². The van der Waals surface area contributed by atoms with E-state index in [1.165, 1.54) is 0 Å². The first kappa shape index (κ1) is 23.0. The molecule has 0 radical (unpaired) electrons. The van der Waals surface area contributed by atoms with Gasteiger partial charge in [-0.3, -0.25) is 34.1 Å². The lowest BCUT2D eigenvalue weighted by Crippen LogP contribution is -2.53. The van der Waals surface area contributed by atoms with Crippen LogP contribution >= 0.6 is 0 Å². The molecule has 1 heterocycles. The van der Waals surface area contributed by atoms with Crippen molar-refractivity contribution >= 4 is 35.4 Å². The Balaban J connectivity index is 2.53. The van der Waals surface area contributed by atoms with E-state index in [2.05, 4.69) is 26.6 Å². The van der Waals surface area contributed by atoms with Crippen LogP contribution in [0.4, 0.5) is 0 Å². The van der Waals surface area contributed by atoms with Crippen LogP contribution in [0.3, 0.4) is 0 Å². The quantitative estimate of drug-likeness (QED) is 0.204. The zero-order valence-electron chi connectivity index (χ0n) is 15.8. The Kier molecular flexibility index (Phi) is 9.02. The van der Waals surface area contributed by atoms with Crippen LogP contribution < -0.4 is 32.3 Å². The molecule has 12 nitrogen and oxygen atoms in total. The summed E-state index contributed by atoms with van der Waals surface area (Å²) in [6, 6.07) is -1.91. The van der Waals surface area contributed by atoms with Crippen LogP contribution in [0.2, 0.25) is 0 Å². The molecule has 0 unspecified atom stereocenters. The van der Waals surface area contributed by atoms with Crippen LogP contribution in [0.1, 0.15) is 26.7 Å². The second-order valence-corrected chi connectivity index (χ2v) is 6.68. The highest BCUT2D eigenvalue weighted by molar-refractivity contribution is 6.07. The van der Waals surface area contributed by atoms with Gasteiger partial charge in [-0.25, -0.2) is 0 Å². The van der Waals surface area contributed by atoms with E-state index in [9.17, 15) is 28.8 Å². The third-order valence-electron chi connectivity index (χ3n) is 3.72. The molecule has 28 heavy (non-hydrogen) atoms. The molecule has 2 atom stereocenters. The summed E-state index contributed by atoms with van der Waals surface area (Å²) in [6.07, 6.45) is 0.137. The van der Waals surface area contributed by atoms with Crippen molar-refractivity contribution in [3.8, 4) is 0 Å². The van der Waals surface area contributed by atoms with Crippen LogP contribution in [-0.2, 0) is 28.8 Å². The van der Waals surface area contributed by atoms with Crippen LogP contribution in [0, 0.1) is 5.92 Å². The van der Waals surface area contributed by atoms with E-state index in [0.29, 0.717) is 6.42 Å². The van der Waals surface area contributed by atoms with Crippen LogP contribution in [0.15, 0.2) is 0 Å². The summed E-state index contributed by atoms with van der Waals surface area (Å²) >= 11 is 0. The zero-order valence-corrected chi connectivity index (χ0v) is 15.8. The van der Waals surface area contributed by atoms with Gasteiger partial charge in [0.25, 0.3) is 0 Å². The lowest BCUT2D eigenvalue weighted by atomic mass is 10.0. The number of nitrogens with one attached hydrogen (secondary N) is 5. The van der Waals surface area contributed by atoms with Crippen molar-refractivity contribution < 1.29 is 28.8 Å². The summed E-state index contributed by atoms with van der Waals surface area (Å²) in [7, 11) is 0. The average Bonchev–Trinajstić information content (AvgIpc) is 2.93. The lowest BCUT2D eigenvalue weighted by molar-refractivity contribution is -0.132. The Morgan fingerprint density at radius 3 is 2.21 bits per heavy atom. The molecule has 0 aromatic rings. The van der Waals surface area contributed by atoms with Crippen molar-refractivity contribution in [1.29, 1.82) is 0 Å². The largest absolute Gasteiger partial charge is 0.346 e. The number of carbonyl (C=O) groups excluding carboxylic acids is 6. The number of hydrogen-bond acceptors (Lipinski definition) is 7. The highest BCUT2D eigenvalue weighted by atomic mass is 16.2. The van der Waals surface area contributed by atoms with E-state index in [0.717, 1.165) is 0 Å². The summed E-state index contributed by atoms with van der Waals surface area (Å²) < 4.78 is 0. The van der Waals surface area contributed by atoms with Gasteiger partial charge in [-0.1, -0.05) is 13.8 Å². The van der Waals surface area contributed by atoms with Crippen molar-refractivity contribution in [3.63, 3.8) is 0 Å². The normalized spacial score (nSPS) is 16.9. The maximum atomic E-state index is 12.4. The third-order valence-corrected chi connectivity index (χ3v) is 3.72. The highest BCUT2D eigenvalue weighted by Gasteiger charge is 2.33. The number of amides is 6. The minimum atomic E-state index is -0.975. The zero-order chi connectivity index (χ0) is 21.3. The monoisotopic (exact) mass is 398 g/mol. The van der Waals surface area contributed by atoms with E-state index in [1.54, 1.807) is 0 Å². The van der Waals surface area contributed by atoms with Crippen LogP contribution in [0.5, 0.6) is 0 Å². The molecular formula is C16H26N6O6. The molecule has 0 aromatic heterocycles. The van der Waals surface area contributed by atoms with Crippen LogP contribution in [-0.4, -0.2) is 67.2 Å². The van der Waals surface area contributed by atoms with Crippen molar-refractivity contribution in [3.05, 3.63) is 0 Å². The maximum Gasteiger partial charge on any atom is 0.249 e. The lowest BCUT2D eigenvalue weighted by Gasteiger charge is -2.21. The molecule has 1 saturated heterocycles. The van der Waals surface area contributed by atoms with Crippen molar-refractivity contribution in [2.45, 2.75) is 38.8 Å². The molecule has 156 valence electrons. The van der Waals surface area contributed by atoms with Crippen molar-refractivity contribution in [2.75, 3.05) is 19.6 Å². The van der Waals surface area contributed by atoms with E-state index < -0.39 is 54.1 Å². The van der Waals surface area contributed by atoms with Gasteiger partial charge >= 0.3 is 0 Å². The van der Waals surface area contributed by atoms with Gasteiger partial charge in [0.15, 0.2) is 0 Å². The van der Waals surface area contributed by atoms with Crippen molar-refractivity contribution in [2.24, 2.45) is 11.7 Å². The van der Waals surface area contributed by atoms with E-state index in [-0.39, 0.29) is 25.4 Å². The molecule has 0 bridgehead atoms. The molecule has 7 N–H and O–H groups in total. The van der Waals surface area contributed by atoms with Gasteiger partial charge in [0, 0.05) is 0 Å². The molecule has 0 spiro atoms. The molecule has 1 aliphatic rings. The smallest absolute Gasteiger partial charge is 0.249 e. The first-order chi connectivity index (χ1) is 13.1. The number of nitrogens with two attached hydrogens (primary N) is 1. The topological polar surface area (TPSA) is 189 Å². The molecular weight excluding hydrogens is 372 g/mol. The third kappa shape index (κ3) is 8.12. The van der Waals surface area contributed by atoms with Gasteiger partial charge in [-0.15, -0.1) is 0 Å². The molecule has 0 aromatic carbocycles. The molecule has 6 amide bonds. The average molecular weight is 398 g/mol. The summed E-state index contributed by atoms with van der Waals surface area (Å²) in [6.45, 7) is 2.70. The van der Waals surface area contributed by atoms with Gasteiger partial charge in [0.05, 0.1) is 26.1 Å². The Bertz CT molecular complexity index is 650. The fraction of sp³-hybridized carbons (Fsp3) is 0.625. The highest BCUT2D eigenvalue weighted by Crippen LogP contribution is 2.07. The second kappa shape index (κ2) is 11.0. The maximum absolute atomic E-state index is 12.4. The first-order valence-corrected chi connectivity index (χ1v) is 8.79. The van der Waals surface area contributed by atoms with Gasteiger partial charge < -0.3 is 27.0 Å². The Labute approximate surface area is 161 Å². The number of carbonyl (C=O) groups is 6. The summed E-state index contributed by atoms with van der Waals surface area (Å²) in [5, 5.41) is 11.6. The van der Waals surface area contributed by atoms with E-state index in [1.807, 2.05) is 13.8 Å². The Morgan fingerprint density at radius 2 is 1.68 bits per heavy atom. The van der Waals surface area contributed by atoms with Crippen molar-refractivity contribution in [1.82, 2.24) is 26.6 Å². The fourth-order valence-electron chi connectivity index (χ4n) is 2.38. The molecule has 0 aliphatic carbocycles. The van der Waals surface area contributed by atoms with E-state index >= 15 is 0 Å². The number of rotatable bonds is 10. The molecule has 1 fully saturated rings. The summed E-state index contributed by atoms with van der Waals surface area (Å²) in [5.74, 6) is -3.35. The molecule has 1 aliphatic heterocycles. The predicted molar refractivity (Wildman–Crippen MR) is 96.2 cm³/mol. The van der Waals surface area contributed by atoms with Gasteiger partial charge in [-0.05, 0) is 12.3 Å². The SMILES string of the molecule is CC(C)C[C@H](NC(=O)CNC(=O)CNC(=O)CN)C(=O)N[C@H]1CC(=O)NC1=O. The summed E-state index contributed by atoms with van der Waals surface area (Å²) in [4.78, 5) is 69.8. The standard InChI is InChI=1S/C16H26N6O6/c1-8(2)3-9(15(27)21-10-4-11(23)22-16(10)28)20-14(26)7-19-13(25)6-18-12(24)5-17/h8-10H,3-7,17H2,1-2H3,(H,18,24)(H,19,25)(H,20,26)(H,21,27)(H,22,23,28)/t9-,10-/m0/s1.